The Morgan fingerprint density at radius 1 is 1.31 bits per heavy atom. The van der Waals surface area contributed by atoms with Crippen LogP contribution in [0.2, 0.25) is 0 Å². The van der Waals surface area contributed by atoms with Crippen molar-refractivity contribution in [1.82, 2.24) is 10.2 Å². The summed E-state index contributed by atoms with van der Waals surface area (Å²) in [6, 6.07) is 6.48. The third-order valence-corrected chi connectivity index (χ3v) is 3.09. The lowest BCUT2D eigenvalue weighted by Gasteiger charge is -2.27. The average Bonchev–Trinajstić information content (AvgIpc) is 2.33. The zero-order valence-electron chi connectivity index (χ0n) is 10.1. The maximum Gasteiger partial charge on any atom is 0.122 e. The number of methoxy groups -OCH3 is 1. The maximum atomic E-state index is 5.34. The Labute approximate surface area is 97.4 Å². The molecule has 2 rings (SSSR count). The Morgan fingerprint density at radius 3 is 2.75 bits per heavy atom. The standard InChI is InChI=1S/C13H20N2O/c1-11-3-4-12(9-13(11)16-2)10-15-7-5-14-6-8-15/h3-4,9,14H,5-8,10H2,1-2H3. The summed E-state index contributed by atoms with van der Waals surface area (Å²) < 4.78 is 5.34. The molecule has 1 aromatic carbocycles. The van der Waals surface area contributed by atoms with Gasteiger partial charge in [0.2, 0.25) is 0 Å². The Morgan fingerprint density at radius 2 is 2.06 bits per heavy atom. The summed E-state index contributed by atoms with van der Waals surface area (Å²) in [4.78, 5) is 2.47. The first-order chi connectivity index (χ1) is 7.79. The van der Waals surface area contributed by atoms with Gasteiger partial charge in [-0.25, -0.2) is 0 Å². The van der Waals surface area contributed by atoms with E-state index in [1.165, 1.54) is 11.1 Å². The Hall–Kier alpha value is -1.06. The van der Waals surface area contributed by atoms with Crippen molar-refractivity contribution in [3.63, 3.8) is 0 Å². The normalized spacial score (nSPS) is 17.4. The van der Waals surface area contributed by atoms with E-state index in [9.17, 15) is 0 Å². The van der Waals surface area contributed by atoms with E-state index in [1.807, 2.05) is 0 Å². The van der Waals surface area contributed by atoms with Crippen molar-refractivity contribution in [2.75, 3.05) is 33.3 Å². The summed E-state index contributed by atoms with van der Waals surface area (Å²) in [5.41, 5.74) is 2.54. The van der Waals surface area contributed by atoms with Gasteiger partial charge in [-0.2, -0.15) is 0 Å². The molecule has 0 radical (unpaired) electrons. The van der Waals surface area contributed by atoms with E-state index < -0.39 is 0 Å². The first kappa shape index (κ1) is 11.4. The summed E-state index contributed by atoms with van der Waals surface area (Å²) in [7, 11) is 1.73. The van der Waals surface area contributed by atoms with Gasteiger partial charge in [-0.05, 0) is 24.1 Å². The molecule has 3 heteroatoms. The summed E-state index contributed by atoms with van der Waals surface area (Å²) in [6.07, 6.45) is 0. The SMILES string of the molecule is COc1cc(CN2CCNCC2)ccc1C. The minimum Gasteiger partial charge on any atom is -0.496 e. The number of nitrogens with zero attached hydrogens (tertiary/aromatic N) is 1. The maximum absolute atomic E-state index is 5.34. The molecule has 0 saturated carbocycles. The molecule has 3 nitrogen and oxygen atoms in total. The van der Waals surface area contributed by atoms with Gasteiger partial charge in [0, 0.05) is 32.7 Å². The molecule has 1 saturated heterocycles. The molecule has 0 amide bonds. The van der Waals surface area contributed by atoms with Crippen LogP contribution in [0.15, 0.2) is 18.2 Å². The fourth-order valence-corrected chi connectivity index (χ4v) is 2.09. The molecule has 0 atom stereocenters. The van der Waals surface area contributed by atoms with Gasteiger partial charge >= 0.3 is 0 Å². The second kappa shape index (κ2) is 5.32. The molecule has 0 aromatic heterocycles. The zero-order chi connectivity index (χ0) is 11.4. The van der Waals surface area contributed by atoms with E-state index in [1.54, 1.807) is 7.11 Å². The van der Waals surface area contributed by atoms with Crippen LogP contribution < -0.4 is 10.1 Å². The van der Waals surface area contributed by atoms with E-state index in [4.69, 9.17) is 4.74 Å². The summed E-state index contributed by atoms with van der Waals surface area (Å²) in [6.45, 7) is 7.57. The second-order valence-corrected chi connectivity index (χ2v) is 4.33. The van der Waals surface area contributed by atoms with Crippen molar-refractivity contribution in [1.29, 1.82) is 0 Å². The number of piperazine rings is 1. The van der Waals surface area contributed by atoms with Crippen molar-refractivity contribution in [2.45, 2.75) is 13.5 Å². The molecule has 1 aromatic rings. The van der Waals surface area contributed by atoms with Gasteiger partial charge in [0.15, 0.2) is 0 Å². The number of ether oxygens (including phenoxy) is 1. The largest absolute Gasteiger partial charge is 0.496 e. The van der Waals surface area contributed by atoms with Crippen LogP contribution in [-0.4, -0.2) is 38.2 Å². The third kappa shape index (κ3) is 2.74. The number of benzene rings is 1. The molecule has 1 heterocycles. The topological polar surface area (TPSA) is 24.5 Å². The van der Waals surface area contributed by atoms with E-state index in [0.29, 0.717) is 0 Å². The molecular weight excluding hydrogens is 200 g/mol. The van der Waals surface area contributed by atoms with Crippen molar-refractivity contribution >= 4 is 0 Å². The molecule has 0 spiro atoms. The highest BCUT2D eigenvalue weighted by Gasteiger charge is 2.10. The first-order valence-electron chi connectivity index (χ1n) is 5.86. The van der Waals surface area contributed by atoms with Crippen molar-refractivity contribution < 1.29 is 4.74 Å². The van der Waals surface area contributed by atoms with Crippen LogP contribution in [0.3, 0.4) is 0 Å². The van der Waals surface area contributed by atoms with Gasteiger partial charge in [0.05, 0.1) is 7.11 Å². The molecule has 88 valence electrons. The van der Waals surface area contributed by atoms with E-state index in [-0.39, 0.29) is 0 Å². The number of nitrogens with one attached hydrogen (secondary N) is 1. The van der Waals surface area contributed by atoms with Gasteiger partial charge in [-0.3, -0.25) is 4.90 Å². The van der Waals surface area contributed by atoms with Crippen LogP contribution in [0, 0.1) is 6.92 Å². The van der Waals surface area contributed by atoms with Crippen LogP contribution in [0.25, 0.3) is 0 Å². The molecule has 1 N–H and O–H groups in total. The summed E-state index contributed by atoms with van der Waals surface area (Å²) >= 11 is 0. The smallest absolute Gasteiger partial charge is 0.122 e. The van der Waals surface area contributed by atoms with Gasteiger partial charge in [0.25, 0.3) is 0 Å². The molecule has 0 unspecified atom stereocenters. The number of hydrogen-bond donors (Lipinski definition) is 1. The molecular formula is C13H20N2O. The molecule has 0 bridgehead atoms. The predicted molar refractivity (Wildman–Crippen MR) is 65.9 cm³/mol. The molecule has 0 aliphatic carbocycles. The van der Waals surface area contributed by atoms with Crippen molar-refractivity contribution in [3.8, 4) is 5.75 Å². The second-order valence-electron chi connectivity index (χ2n) is 4.33. The quantitative estimate of drug-likeness (QED) is 0.833. The fraction of sp³-hybridized carbons (Fsp3) is 0.538. The van der Waals surface area contributed by atoms with Crippen LogP contribution in [0.1, 0.15) is 11.1 Å². The van der Waals surface area contributed by atoms with Crippen molar-refractivity contribution in [3.05, 3.63) is 29.3 Å². The van der Waals surface area contributed by atoms with Crippen LogP contribution >= 0.6 is 0 Å². The number of rotatable bonds is 3. The highest BCUT2D eigenvalue weighted by atomic mass is 16.5. The number of aryl methyl sites for hydroxylation is 1. The van der Waals surface area contributed by atoms with Gasteiger partial charge < -0.3 is 10.1 Å². The average molecular weight is 220 g/mol. The van der Waals surface area contributed by atoms with Gasteiger partial charge in [-0.15, -0.1) is 0 Å². The van der Waals surface area contributed by atoms with E-state index in [2.05, 4.69) is 35.3 Å². The lowest BCUT2D eigenvalue weighted by Crippen LogP contribution is -2.42. The Bertz CT molecular complexity index is 346. The summed E-state index contributed by atoms with van der Waals surface area (Å²) in [5, 5.41) is 3.37. The molecule has 16 heavy (non-hydrogen) atoms. The van der Waals surface area contributed by atoms with Crippen LogP contribution in [0.4, 0.5) is 0 Å². The number of hydrogen-bond acceptors (Lipinski definition) is 3. The monoisotopic (exact) mass is 220 g/mol. The lowest BCUT2D eigenvalue weighted by molar-refractivity contribution is 0.233. The van der Waals surface area contributed by atoms with Gasteiger partial charge in [-0.1, -0.05) is 12.1 Å². The molecule has 1 aliphatic heterocycles. The third-order valence-electron chi connectivity index (χ3n) is 3.09. The minimum absolute atomic E-state index is 0.993. The predicted octanol–water partition coefficient (Wildman–Crippen LogP) is 1.41. The highest BCUT2D eigenvalue weighted by molar-refractivity contribution is 5.36. The Kier molecular flexibility index (Phi) is 3.80. The zero-order valence-corrected chi connectivity index (χ0v) is 10.1. The molecule has 1 fully saturated rings. The van der Waals surface area contributed by atoms with E-state index in [0.717, 1.165) is 38.5 Å². The van der Waals surface area contributed by atoms with Crippen molar-refractivity contribution in [2.24, 2.45) is 0 Å². The van der Waals surface area contributed by atoms with Crippen LogP contribution in [-0.2, 0) is 6.54 Å². The highest BCUT2D eigenvalue weighted by Crippen LogP contribution is 2.19. The van der Waals surface area contributed by atoms with E-state index >= 15 is 0 Å². The first-order valence-corrected chi connectivity index (χ1v) is 5.86. The minimum atomic E-state index is 0.993. The van der Waals surface area contributed by atoms with Crippen LogP contribution in [0.5, 0.6) is 5.75 Å². The Balaban J connectivity index is 2.03. The lowest BCUT2D eigenvalue weighted by atomic mass is 10.1. The van der Waals surface area contributed by atoms with Gasteiger partial charge in [0.1, 0.15) is 5.75 Å². The summed E-state index contributed by atoms with van der Waals surface area (Å²) in [5.74, 6) is 0.993. The fourth-order valence-electron chi connectivity index (χ4n) is 2.09. The molecule has 1 aliphatic rings.